The van der Waals surface area contributed by atoms with Crippen molar-refractivity contribution in [2.45, 2.75) is 23.6 Å². The SMILES string of the molecule is FCOC(F)=C(F)F.O=S(=O)(F)C(F)(F)C(F)(F)OC(F)(F)C(F)(F)F. The van der Waals surface area contributed by atoms with E-state index in [0.29, 0.717) is 0 Å². The van der Waals surface area contributed by atoms with E-state index in [1.807, 2.05) is 0 Å². The fourth-order valence-electron chi connectivity index (χ4n) is 0.523. The number of hydrogen-bond donors (Lipinski definition) is 0. The van der Waals surface area contributed by atoms with Crippen molar-refractivity contribution < 1.29 is 78.9 Å². The molecule has 0 aliphatic carbocycles. The maximum atomic E-state index is 12.2. The van der Waals surface area contributed by atoms with Crippen LogP contribution < -0.4 is 0 Å². The summed E-state index contributed by atoms with van der Waals surface area (Å²) >= 11 is 0. The van der Waals surface area contributed by atoms with Gasteiger partial charge < -0.3 is 4.74 Å². The summed E-state index contributed by atoms with van der Waals surface area (Å²) in [6.07, 6.45) is -23.3. The van der Waals surface area contributed by atoms with Gasteiger partial charge >= 0.3 is 46.0 Å². The quantitative estimate of drug-likeness (QED) is 0.339. The fourth-order valence-corrected chi connectivity index (χ4v) is 0.848. The molecule has 158 valence electrons. The van der Waals surface area contributed by atoms with Crippen LogP contribution >= 0.6 is 0 Å². The van der Waals surface area contributed by atoms with Gasteiger partial charge in [-0.05, 0) is 0 Å². The Hall–Kier alpha value is -1.53. The van der Waals surface area contributed by atoms with Crippen molar-refractivity contribution >= 4 is 10.2 Å². The van der Waals surface area contributed by atoms with Gasteiger partial charge in [0.15, 0.2) is 0 Å². The highest BCUT2D eigenvalue weighted by Crippen LogP contribution is 2.47. The Bertz CT molecular complexity index is 589. The number of ether oxygens (including phenoxy) is 2. The first-order valence-corrected chi connectivity index (χ1v) is 6.26. The van der Waals surface area contributed by atoms with Crippen molar-refractivity contribution in [1.82, 2.24) is 0 Å². The Labute approximate surface area is 133 Å². The van der Waals surface area contributed by atoms with E-state index in [0.717, 1.165) is 0 Å². The number of rotatable bonds is 6. The predicted octanol–water partition coefficient (Wildman–Crippen LogP) is 4.61. The minimum atomic E-state index is -7.49. The molecule has 0 aliphatic rings. The lowest BCUT2D eigenvalue weighted by atomic mass is 10.5. The number of alkyl halides is 10. The second-order valence-corrected chi connectivity index (χ2v) is 4.76. The van der Waals surface area contributed by atoms with Crippen LogP contribution in [0.3, 0.4) is 0 Å². The topological polar surface area (TPSA) is 52.6 Å². The van der Waals surface area contributed by atoms with E-state index >= 15 is 0 Å². The molecule has 0 rings (SSSR count). The van der Waals surface area contributed by atoms with Crippen LogP contribution in [0.25, 0.3) is 0 Å². The van der Waals surface area contributed by atoms with Gasteiger partial charge in [-0.2, -0.15) is 61.1 Å². The Kier molecular flexibility index (Phi) is 8.67. The lowest BCUT2D eigenvalue weighted by Gasteiger charge is -2.27. The maximum Gasteiger partial charge on any atom is 0.483 e. The summed E-state index contributed by atoms with van der Waals surface area (Å²) in [7, 11) is -7.49. The normalized spacial score (nSPS) is 13.6. The van der Waals surface area contributed by atoms with Gasteiger partial charge in [-0.15, -0.1) is 0 Å². The van der Waals surface area contributed by atoms with Crippen LogP contribution in [0.4, 0.5) is 61.0 Å². The minimum Gasteiger partial charge on any atom is -0.435 e. The molecular weight excluding hydrogens is 446 g/mol. The Balaban J connectivity index is 0. The van der Waals surface area contributed by atoms with Crippen LogP contribution in [0.15, 0.2) is 12.1 Å². The van der Waals surface area contributed by atoms with Crippen LogP contribution in [-0.2, 0) is 19.7 Å². The second kappa shape index (κ2) is 8.44. The van der Waals surface area contributed by atoms with Crippen LogP contribution in [0.2, 0.25) is 0 Å². The molecule has 0 bridgehead atoms. The molecule has 0 atom stereocenters. The summed E-state index contributed by atoms with van der Waals surface area (Å²) in [5.41, 5.74) is 0. The lowest BCUT2D eigenvalue weighted by Crippen LogP contribution is -2.54. The maximum absolute atomic E-state index is 12.2. The van der Waals surface area contributed by atoms with Gasteiger partial charge in [0, 0.05) is 0 Å². The molecule has 0 aromatic heterocycles. The minimum absolute atomic E-state index is 1.42. The van der Waals surface area contributed by atoms with Gasteiger partial charge in [-0.25, -0.2) is 9.13 Å². The van der Waals surface area contributed by atoms with Gasteiger partial charge in [-0.3, -0.25) is 0 Å². The van der Waals surface area contributed by atoms with Crippen molar-refractivity contribution in [3.8, 4) is 0 Å². The third-order valence-electron chi connectivity index (χ3n) is 1.56. The Morgan fingerprint density at radius 2 is 1.19 bits per heavy atom. The van der Waals surface area contributed by atoms with Crippen LogP contribution in [0.1, 0.15) is 0 Å². The summed E-state index contributed by atoms with van der Waals surface area (Å²) in [6, 6.07) is -2.16. The largest absolute Gasteiger partial charge is 0.483 e. The van der Waals surface area contributed by atoms with Gasteiger partial charge in [0.05, 0.1) is 0 Å². The molecule has 19 heteroatoms. The van der Waals surface area contributed by atoms with Gasteiger partial charge in [-0.1, -0.05) is 3.89 Å². The van der Waals surface area contributed by atoms with E-state index in [-0.39, 0.29) is 0 Å². The van der Waals surface area contributed by atoms with Crippen molar-refractivity contribution in [2.24, 2.45) is 0 Å². The molecule has 0 saturated carbocycles. The van der Waals surface area contributed by atoms with E-state index in [1.54, 1.807) is 0 Å². The molecule has 0 radical (unpaired) electrons. The molecule has 0 unspecified atom stereocenters. The fraction of sp³-hybridized carbons (Fsp3) is 0.714. The molecule has 0 fully saturated rings. The number of halogens is 14. The summed E-state index contributed by atoms with van der Waals surface area (Å²) < 4.78 is 185. The highest BCUT2D eigenvalue weighted by molar-refractivity contribution is 7.87. The standard InChI is InChI=1S/C4F10O3S.C3H2F4O/c5-1(6,7)2(8,9)17-3(10,11)4(12,13)18(14,15)16;4-1-8-3(7)2(5)6/h;1H2. The van der Waals surface area contributed by atoms with Crippen LogP contribution in [0.5, 0.6) is 0 Å². The second-order valence-electron chi connectivity index (χ2n) is 3.38. The molecule has 0 aromatic rings. The molecule has 0 aliphatic heterocycles. The summed E-state index contributed by atoms with van der Waals surface area (Å²) in [5.74, 6) is 0. The van der Waals surface area contributed by atoms with Gasteiger partial charge in [0.2, 0.25) is 6.86 Å². The first-order chi connectivity index (χ1) is 11.1. The summed E-state index contributed by atoms with van der Waals surface area (Å²) in [6.45, 7) is -1.58. The predicted molar refractivity (Wildman–Crippen MR) is 49.4 cm³/mol. The summed E-state index contributed by atoms with van der Waals surface area (Å²) in [5, 5.41) is -6.92. The van der Waals surface area contributed by atoms with E-state index in [2.05, 4.69) is 4.74 Å². The molecule has 26 heavy (non-hydrogen) atoms. The molecule has 0 spiro atoms. The first-order valence-electron chi connectivity index (χ1n) is 4.88. The van der Waals surface area contributed by atoms with E-state index in [9.17, 15) is 69.4 Å². The van der Waals surface area contributed by atoms with Crippen molar-refractivity contribution in [1.29, 1.82) is 0 Å². The third-order valence-corrected chi connectivity index (χ3v) is 2.41. The van der Waals surface area contributed by atoms with Crippen molar-refractivity contribution in [3.63, 3.8) is 0 Å². The molecule has 0 amide bonds. The lowest BCUT2D eigenvalue weighted by molar-refractivity contribution is -0.476. The van der Waals surface area contributed by atoms with E-state index in [1.165, 1.54) is 4.74 Å². The van der Waals surface area contributed by atoms with Crippen molar-refractivity contribution in [2.75, 3.05) is 6.86 Å². The van der Waals surface area contributed by atoms with Crippen molar-refractivity contribution in [3.05, 3.63) is 12.1 Å². The zero-order chi connectivity index (χ0) is 21.8. The third kappa shape index (κ3) is 7.00. The molecule has 0 heterocycles. The Morgan fingerprint density at radius 3 is 1.38 bits per heavy atom. The molecule has 0 saturated heterocycles. The highest BCUT2D eigenvalue weighted by atomic mass is 32.3. The zero-order valence-electron chi connectivity index (χ0n) is 11.0. The average molecular weight is 448 g/mol. The molecule has 4 nitrogen and oxygen atoms in total. The smallest absolute Gasteiger partial charge is 0.435 e. The van der Waals surface area contributed by atoms with Gasteiger partial charge in [0.25, 0.3) is 0 Å². The Morgan fingerprint density at radius 1 is 0.808 bits per heavy atom. The monoisotopic (exact) mass is 448 g/mol. The molecular formula is C7H2F14O4S. The zero-order valence-corrected chi connectivity index (χ0v) is 11.9. The molecule has 0 aromatic carbocycles. The number of hydrogen-bond acceptors (Lipinski definition) is 4. The average Bonchev–Trinajstić information content (AvgIpc) is 2.35. The first kappa shape index (κ1) is 26.7. The van der Waals surface area contributed by atoms with Crippen LogP contribution in [0, 0.1) is 0 Å². The van der Waals surface area contributed by atoms with E-state index in [4.69, 9.17) is 0 Å². The summed E-state index contributed by atoms with van der Waals surface area (Å²) in [4.78, 5) is 0. The van der Waals surface area contributed by atoms with Gasteiger partial charge in [0.1, 0.15) is 0 Å². The van der Waals surface area contributed by atoms with Crippen LogP contribution in [-0.4, -0.2) is 38.9 Å². The highest BCUT2D eigenvalue weighted by Gasteiger charge is 2.75. The molecule has 0 N–H and O–H groups in total. The van der Waals surface area contributed by atoms with E-state index < -0.39 is 52.8 Å².